The molecule has 7 atom stereocenters. The van der Waals surface area contributed by atoms with Gasteiger partial charge in [-0.1, -0.05) is 0 Å². The topological polar surface area (TPSA) is 264 Å². The van der Waals surface area contributed by atoms with Gasteiger partial charge in [0.25, 0.3) is 5.56 Å². The van der Waals surface area contributed by atoms with Crippen molar-refractivity contribution in [3.63, 3.8) is 0 Å². The molecule has 20 heteroatoms. The van der Waals surface area contributed by atoms with Gasteiger partial charge in [0.15, 0.2) is 6.23 Å². The second kappa shape index (κ2) is 9.45. The summed E-state index contributed by atoms with van der Waals surface area (Å²) in [6.45, 7) is 0.276. The van der Waals surface area contributed by atoms with Gasteiger partial charge in [-0.15, -0.1) is 0 Å². The number of aromatic amines is 1. The first-order valence-corrected chi connectivity index (χ1v) is 12.6. The Labute approximate surface area is 172 Å². The van der Waals surface area contributed by atoms with Crippen LogP contribution in [0.5, 0.6) is 0 Å². The molecule has 0 radical (unpaired) electrons. The number of rotatable bonds is 9. The van der Waals surface area contributed by atoms with Crippen LogP contribution in [0.1, 0.15) is 13.2 Å². The lowest BCUT2D eigenvalue weighted by Gasteiger charge is -2.23. The Kier molecular flexibility index (Phi) is 7.99. The Hall–Kier alpha value is -1.03. The average Bonchev–Trinajstić information content (AvgIpc) is 2.86. The molecule has 1 aromatic heterocycles. The van der Waals surface area contributed by atoms with Crippen LogP contribution in [0.4, 0.5) is 0 Å². The zero-order valence-electron chi connectivity index (χ0n) is 15.4. The van der Waals surface area contributed by atoms with Crippen molar-refractivity contribution < 1.29 is 61.4 Å². The lowest BCUT2D eigenvalue weighted by atomic mass is 9.93. The van der Waals surface area contributed by atoms with Gasteiger partial charge in [-0.05, 0) is 6.92 Å². The van der Waals surface area contributed by atoms with Gasteiger partial charge in [0, 0.05) is 18.2 Å². The fourth-order valence-corrected chi connectivity index (χ4v) is 5.87. The smallest absolute Gasteiger partial charge is 0.393 e. The van der Waals surface area contributed by atoms with Crippen molar-refractivity contribution in [1.29, 1.82) is 0 Å². The molecule has 17 nitrogen and oxygen atoms in total. The van der Waals surface area contributed by atoms with Crippen molar-refractivity contribution in [2.75, 3.05) is 6.61 Å². The van der Waals surface area contributed by atoms with Crippen molar-refractivity contribution in [3.8, 4) is 0 Å². The molecule has 2 heterocycles. The minimum absolute atomic E-state index is 0.731. The number of nitrogens with zero attached hydrogens (tertiary/aromatic N) is 1. The number of nitrogens with one attached hydrogen (secondary N) is 1. The Bertz CT molecular complexity index is 1050. The van der Waals surface area contributed by atoms with Crippen molar-refractivity contribution in [2.45, 2.75) is 31.5 Å². The van der Waals surface area contributed by atoms with Crippen LogP contribution in [0.2, 0.25) is 0 Å². The van der Waals surface area contributed by atoms with Crippen LogP contribution >= 0.6 is 23.5 Å². The number of hydrogen-bond acceptors (Lipinski definition) is 11. The van der Waals surface area contributed by atoms with Crippen molar-refractivity contribution in [1.82, 2.24) is 9.55 Å². The number of ether oxygens (including phenoxy) is 1. The van der Waals surface area contributed by atoms with Crippen LogP contribution in [-0.4, -0.2) is 64.3 Å². The van der Waals surface area contributed by atoms with E-state index < -0.39 is 71.8 Å². The molecule has 1 aromatic rings. The molecule has 0 aliphatic carbocycles. The van der Waals surface area contributed by atoms with E-state index in [2.05, 4.69) is 13.1 Å². The zero-order chi connectivity index (χ0) is 23.8. The first-order chi connectivity index (χ1) is 14.0. The molecule has 3 unspecified atom stereocenters. The Morgan fingerprint density at radius 1 is 1.16 bits per heavy atom. The Morgan fingerprint density at radius 3 is 2.29 bits per heavy atom. The largest absolute Gasteiger partial charge is 0.490 e. The minimum atomic E-state index is -5.73. The van der Waals surface area contributed by atoms with E-state index in [1.807, 2.05) is 4.98 Å². The minimum Gasteiger partial charge on any atom is -0.393 e. The summed E-state index contributed by atoms with van der Waals surface area (Å²) >= 11 is 0. The van der Waals surface area contributed by atoms with Gasteiger partial charge in [-0.3, -0.25) is 18.9 Å². The van der Waals surface area contributed by atoms with Crippen LogP contribution in [0.15, 0.2) is 21.9 Å². The third kappa shape index (κ3) is 7.23. The zero-order valence-corrected chi connectivity index (χ0v) is 18.1. The maximum absolute atomic E-state index is 11.9. The molecule has 2 rings (SSSR count). The highest BCUT2D eigenvalue weighted by atomic mass is 31.3. The van der Waals surface area contributed by atoms with Crippen LogP contribution in [0.25, 0.3) is 0 Å². The summed E-state index contributed by atoms with van der Waals surface area (Å²) in [6, 6.07) is 0.953. The lowest BCUT2D eigenvalue weighted by molar-refractivity contribution is -0.0539. The third-order valence-corrected chi connectivity index (χ3v) is 7.73. The molecular formula is C11H19N2O15P3. The second-order valence-electron chi connectivity index (χ2n) is 6.28. The highest BCUT2D eigenvalue weighted by Crippen LogP contribution is 2.66. The molecule has 0 aromatic carbocycles. The molecule has 1 fully saturated rings. The normalized spacial score (nSPS) is 29.3. The summed E-state index contributed by atoms with van der Waals surface area (Å²) in [7, 11) is -16.8. The third-order valence-electron chi connectivity index (χ3n) is 3.93. The summed E-state index contributed by atoms with van der Waals surface area (Å²) < 4.78 is 51.6. The van der Waals surface area contributed by atoms with Gasteiger partial charge in [0.2, 0.25) is 0 Å². The van der Waals surface area contributed by atoms with Crippen LogP contribution < -0.4 is 11.2 Å². The van der Waals surface area contributed by atoms with Crippen molar-refractivity contribution in [3.05, 3.63) is 33.1 Å². The van der Waals surface area contributed by atoms with Crippen molar-refractivity contribution in [2.24, 2.45) is 5.92 Å². The van der Waals surface area contributed by atoms with Crippen LogP contribution in [0, 0.1) is 5.92 Å². The molecule has 1 saturated heterocycles. The van der Waals surface area contributed by atoms with E-state index in [1.165, 1.54) is 6.92 Å². The number of aliphatic hydroxyl groups is 2. The van der Waals surface area contributed by atoms with E-state index in [1.54, 1.807) is 0 Å². The Morgan fingerprint density at radius 2 is 1.77 bits per heavy atom. The molecule has 1 aliphatic rings. The van der Waals surface area contributed by atoms with Crippen LogP contribution in [-0.2, 0) is 31.6 Å². The van der Waals surface area contributed by atoms with E-state index in [4.69, 9.17) is 19.4 Å². The fourth-order valence-electron chi connectivity index (χ4n) is 2.84. The van der Waals surface area contributed by atoms with Gasteiger partial charge in [0.05, 0.1) is 18.8 Å². The summed E-state index contributed by atoms with van der Waals surface area (Å²) in [6.07, 6.45) is -4.73. The van der Waals surface area contributed by atoms with E-state index in [0.717, 1.165) is 16.8 Å². The molecule has 0 saturated carbocycles. The first kappa shape index (κ1) is 26.2. The van der Waals surface area contributed by atoms with Gasteiger partial charge in [-0.25, -0.2) is 18.5 Å². The van der Waals surface area contributed by atoms with E-state index in [-0.39, 0.29) is 0 Å². The predicted molar refractivity (Wildman–Crippen MR) is 96.2 cm³/mol. The predicted octanol–water partition coefficient (Wildman–Crippen LogP) is -1.86. The first-order valence-electron chi connectivity index (χ1n) is 8.13. The van der Waals surface area contributed by atoms with E-state index in [9.17, 15) is 38.4 Å². The second-order valence-corrected chi connectivity index (χ2v) is 10.7. The number of aromatic nitrogens is 2. The Balaban J connectivity index is 2.16. The fraction of sp³-hybridized carbons (Fsp3) is 0.636. The molecular weight excluding hydrogens is 493 g/mol. The number of phosphoric acid groups is 3. The molecule has 178 valence electrons. The summed E-state index contributed by atoms with van der Waals surface area (Å²) in [4.78, 5) is 60.7. The molecule has 31 heavy (non-hydrogen) atoms. The monoisotopic (exact) mass is 512 g/mol. The van der Waals surface area contributed by atoms with Crippen molar-refractivity contribution >= 4 is 23.5 Å². The molecule has 1 aliphatic heterocycles. The number of aliphatic hydroxyl groups excluding tert-OH is 2. The summed E-state index contributed by atoms with van der Waals surface area (Å²) in [5.74, 6) is -1.21. The summed E-state index contributed by atoms with van der Waals surface area (Å²) in [5, 5.41) is 20.4. The van der Waals surface area contributed by atoms with Crippen LogP contribution in [0.3, 0.4) is 0 Å². The maximum atomic E-state index is 11.9. The quantitative estimate of drug-likeness (QED) is 0.179. The molecule has 0 spiro atoms. The number of H-pyrrole nitrogens is 1. The number of phosphoric ester groups is 1. The van der Waals surface area contributed by atoms with Gasteiger partial charge in [-0.2, -0.15) is 8.62 Å². The van der Waals surface area contributed by atoms with E-state index in [0.29, 0.717) is 0 Å². The highest BCUT2D eigenvalue weighted by molar-refractivity contribution is 7.66. The van der Waals surface area contributed by atoms with Gasteiger partial charge < -0.3 is 34.5 Å². The lowest BCUT2D eigenvalue weighted by Crippen LogP contribution is -2.38. The standard InChI is InChI=1S/C11H19N2O15P3/c1-5(14)8-6(4-25-30(21,22)28-31(23,24)27-29(18,19)20)26-10(9(8)16)13-3-2-7(15)12-11(13)17/h2-3,5-6,8-10,14,16H,4H2,1H3,(H,21,22)(H,23,24)(H,12,15,17)(H2,18,19,20)/t5-,6+,8?,9+,10+/m0/s1. The molecule has 7 N–H and O–H groups in total. The molecule has 0 bridgehead atoms. The SMILES string of the molecule is C[C@H](O)C1[C@@H](O)[C@H](n2ccc(=O)[nH]c2=O)O[C@@H]1COP(=O)(O)OP(=O)(O)OP(=O)(O)O. The van der Waals surface area contributed by atoms with Gasteiger partial charge in [0.1, 0.15) is 6.10 Å². The number of hydrogen-bond donors (Lipinski definition) is 7. The average molecular weight is 512 g/mol. The van der Waals surface area contributed by atoms with Gasteiger partial charge >= 0.3 is 29.2 Å². The molecule has 0 amide bonds. The summed E-state index contributed by atoms with van der Waals surface area (Å²) in [5.41, 5.74) is -1.69. The van der Waals surface area contributed by atoms with E-state index >= 15 is 0 Å². The highest BCUT2D eigenvalue weighted by Gasteiger charge is 2.49. The maximum Gasteiger partial charge on any atom is 0.490 e.